The third-order valence-corrected chi connectivity index (χ3v) is 3.77. The third kappa shape index (κ3) is 2.57. The summed E-state index contributed by atoms with van der Waals surface area (Å²) in [6, 6.07) is 1.86. The fraction of sp³-hybridized carbons (Fsp3) is 0.231. The van der Waals surface area contributed by atoms with Gasteiger partial charge in [-0.1, -0.05) is 11.3 Å². The molecule has 0 aromatic carbocycles. The zero-order chi connectivity index (χ0) is 14.8. The average Bonchev–Trinajstić information content (AvgIpc) is 3.05. The van der Waals surface area contributed by atoms with Gasteiger partial charge in [-0.05, 0) is 19.9 Å². The van der Waals surface area contributed by atoms with E-state index in [4.69, 9.17) is 5.73 Å². The first-order valence-electron chi connectivity index (χ1n) is 6.53. The molecule has 3 heterocycles. The minimum atomic E-state index is 0.480. The van der Waals surface area contributed by atoms with Crippen LogP contribution in [0.1, 0.15) is 12.6 Å². The monoisotopic (exact) mass is 301 g/mol. The number of nitrogens with one attached hydrogen (secondary N) is 2. The van der Waals surface area contributed by atoms with Crippen molar-refractivity contribution in [1.29, 1.82) is 0 Å². The zero-order valence-corrected chi connectivity index (χ0v) is 12.5. The molecule has 3 aromatic heterocycles. The maximum Gasteiger partial charge on any atom is 0.181 e. The summed E-state index contributed by atoms with van der Waals surface area (Å²) in [5, 5.41) is 10.7. The van der Waals surface area contributed by atoms with E-state index in [1.54, 1.807) is 12.4 Å². The highest BCUT2D eigenvalue weighted by molar-refractivity contribution is 7.19. The number of aryl methyl sites for hydroxylation is 1. The number of rotatable bonds is 4. The van der Waals surface area contributed by atoms with Gasteiger partial charge in [0.05, 0.1) is 17.5 Å². The third-order valence-electron chi connectivity index (χ3n) is 2.89. The fourth-order valence-corrected chi connectivity index (χ4v) is 2.79. The molecular weight excluding hydrogens is 286 g/mol. The van der Waals surface area contributed by atoms with Gasteiger partial charge in [0.25, 0.3) is 0 Å². The Labute approximate surface area is 125 Å². The number of anilines is 2. The number of thiazole rings is 1. The second kappa shape index (κ2) is 5.49. The fourth-order valence-electron chi connectivity index (χ4n) is 2.01. The largest absolute Gasteiger partial charge is 0.375 e. The Morgan fingerprint density at radius 2 is 2.24 bits per heavy atom. The molecule has 0 radical (unpaired) electrons. The lowest BCUT2D eigenvalue weighted by atomic mass is 10.2. The van der Waals surface area contributed by atoms with Crippen LogP contribution in [0.3, 0.4) is 0 Å². The highest BCUT2D eigenvalue weighted by Gasteiger charge is 2.19. The summed E-state index contributed by atoms with van der Waals surface area (Å²) in [4.78, 5) is 14.0. The summed E-state index contributed by atoms with van der Waals surface area (Å²) < 4.78 is 0. The van der Waals surface area contributed by atoms with Gasteiger partial charge in [-0.3, -0.25) is 5.10 Å². The predicted molar refractivity (Wildman–Crippen MR) is 84.0 cm³/mol. The van der Waals surface area contributed by atoms with E-state index in [9.17, 15) is 0 Å². The topological polar surface area (TPSA) is 105 Å². The highest BCUT2D eigenvalue weighted by atomic mass is 32.1. The maximum atomic E-state index is 5.89. The van der Waals surface area contributed by atoms with Crippen LogP contribution in [0.15, 0.2) is 18.5 Å². The maximum absolute atomic E-state index is 5.89. The lowest BCUT2D eigenvalue weighted by molar-refractivity contribution is 1.07. The molecule has 4 N–H and O–H groups in total. The molecule has 3 aromatic rings. The van der Waals surface area contributed by atoms with Crippen molar-refractivity contribution in [3.8, 4) is 22.0 Å². The van der Waals surface area contributed by atoms with Crippen molar-refractivity contribution in [2.24, 2.45) is 0 Å². The first kappa shape index (κ1) is 13.5. The van der Waals surface area contributed by atoms with E-state index in [0.717, 1.165) is 34.2 Å². The Bertz CT molecular complexity index is 761. The summed E-state index contributed by atoms with van der Waals surface area (Å²) in [7, 11) is 0. The van der Waals surface area contributed by atoms with E-state index in [-0.39, 0.29) is 0 Å². The van der Waals surface area contributed by atoms with E-state index in [1.807, 2.05) is 19.9 Å². The van der Waals surface area contributed by atoms with Crippen LogP contribution in [0.4, 0.5) is 10.9 Å². The Balaban J connectivity index is 2.14. The zero-order valence-electron chi connectivity index (χ0n) is 11.7. The standard InChI is InChI=1S/C13H15N7S/c1-3-15-11-8(6-17-20-11)9-10(21-13(14)19-9)12-16-5-4-7(2)18-12/h4-6H,3H2,1-2H3,(H2,14,19)(H2,15,17,20). The van der Waals surface area contributed by atoms with Crippen LogP contribution in [-0.4, -0.2) is 31.7 Å². The SMILES string of the molecule is CCNc1[nH]ncc1-c1nc(N)sc1-c1nccc(C)n1. The minimum Gasteiger partial charge on any atom is -0.375 e. The Morgan fingerprint density at radius 1 is 1.38 bits per heavy atom. The van der Waals surface area contributed by atoms with Crippen LogP contribution in [-0.2, 0) is 0 Å². The number of hydrogen-bond acceptors (Lipinski definition) is 7. The van der Waals surface area contributed by atoms with Gasteiger partial charge in [0.1, 0.15) is 10.7 Å². The smallest absolute Gasteiger partial charge is 0.181 e. The Morgan fingerprint density at radius 3 is 3.00 bits per heavy atom. The molecule has 0 saturated heterocycles. The molecule has 3 rings (SSSR count). The van der Waals surface area contributed by atoms with E-state index in [2.05, 4.69) is 30.5 Å². The molecule has 0 saturated carbocycles. The van der Waals surface area contributed by atoms with E-state index >= 15 is 0 Å². The van der Waals surface area contributed by atoms with E-state index in [0.29, 0.717) is 11.0 Å². The second-order valence-electron chi connectivity index (χ2n) is 4.44. The van der Waals surface area contributed by atoms with Gasteiger partial charge in [-0.15, -0.1) is 0 Å². The molecule has 0 fully saturated rings. The Hall–Kier alpha value is -2.48. The number of H-pyrrole nitrogens is 1. The molecule has 0 aliphatic heterocycles. The molecule has 0 aliphatic carbocycles. The van der Waals surface area contributed by atoms with Crippen LogP contribution in [0.5, 0.6) is 0 Å². The lowest BCUT2D eigenvalue weighted by Crippen LogP contribution is -1.99. The van der Waals surface area contributed by atoms with Crippen LogP contribution >= 0.6 is 11.3 Å². The molecule has 0 amide bonds. The van der Waals surface area contributed by atoms with Crippen molar-refractivity contribution in [2.75, 3.05) is 17.6 Å². The first-order valence-corrected chi connectivity index (χ1v) is 7.34. The number of aromatic amines is 1. The molecule has 108 valence electrons. The normalized spacial score (nSPS) is 10.8. The van der Waals surface area contributed by atoms with Gasteiger partial charge in [0.2, 0.25) is 0 Å². The molecule has 0 aliphatic rings. The van der Waals surface area contributed by atoms with Crippen molar-refractivity contribution >= 4 is 22.3 Å². The van der Waals surface area contributed by atoms with Gasteiger partial charge in [-0.2, -0.15) is 5.10 Å². The summed E-state index contributed by atoms with van der Waals surface area (Å²) in [5.41, 5.74) is 8.39. The number of nitrogens with zero attached hydrogens (tertiary/aromatic N) is 4. The summed E-state index contributed by atoms with van der Waals surface area (Å²) in [6.07, 6.45) is 3.46. The molecule has 0 spiro atoms. The highest BCUT2D eigenvalue weighted by Crippen LogP contribution is 2.38. The Kier molecular flexibility index (Phi) is 3.53. The summed E-state index contributed by atoms with van der Waals surface area (Å²) in [5.74, 6) is 1.44. The minimum absolute atomic E-state index is 0.480. The number of hydrogen-bond donors (Lipinski definition) is 3. The van der Waals surface area contributed by atoms with Crippen molar-refractivity contribution in [3.05, 3.63) is 24.2 Å². The van der Waals surface area contributed by atoms with Gasteiger partial charge in [-0.25, -0.2) is 15.0 Å². The van der Waals surface area contributed by atoms with Crippen molar-refractivity contribution in [1.82, 2.24) is 25.1 Å². The quantitative estimate of drug-likeness (QED) is 0.683. The molecule has 21 heavy (non-hydrogen) atoms. The molecule has 8 heteroatoms. The van der Waals surface area contributed by atoms with Gasteiger partial charge < -0.3 is 11.1 Å². The van der Waals surface area contributed by atoms with Gasteiger partial charge >= 0.3 is 0 Å². The second-order valence-corrected chi connectivity index (χ2v) is 5.47. The van der Waals surface area contributed by atoms with Crippen LogP contribution in [0.25, 0.3) is 22.0 Å². The first-order chi connectivity index (χ1) is 10.2. The summed E-state index contributed by atoms with van der Waals surface area (Å²) >= 11 is 1.37. The van der Waals surface area contributed by atoms with Crippen molar-refractivity contribution in [3.63, 3.8) is 0 Å². The van der Waals surface area contributed by atoms with E-state index < -0.39 is 0 Å². The molecule has 0 bridgehead atoms. The average molecular weight is 301 g/mol. The lowest BCUT2D eigenvalue weighted by Gasteiger charge is -2.04. The van der Waals surface area contributed by atoms with Crippen LogP contribution in [0, 0.1) is 6.92 Å². The van der Waals surface area contributed by atoms with Gasteiger partial charge in [0.15, 0.2) is 11.0 Å². The van der Waals surface area contributed by atoms with E-state index in [1.165, 1.54) is 11.3 Å². The number of nitrogen functional groups attached to an aromatic ring is 1. The predicted octanol–water partition coefficient (Wildman–Crippen LogP) is 2.31. The van der Waals surface area contributed by atoms with Crippen molar-refractivity contribution < 1.29 is 0 Å². The van der Waals surface area contributed by atoms with Crippen LogP contribution < -0.4 is 11.1 Å². The molecule has 7 nitrogen and oxygen atoms in total. The molecule has 0 unspecified atom stereocenters. The summed E-state index contributed by atoms with van der Waals surface area (Å²) in [6.45, 7) is 4.73. The molecule has 0 atom stereocenters. The van der Waals surface area contributed by atoms with Crippen LogP contribution in [0.2, 0.25) is 0 Å². The van der Waals surface area contributed by atoms with Crippen molar-refractivity contribution in [2.45, 2.75) is 13.8 Å². The number of nitrogens with two attached hydrogens (primary N) is 1. The number of aromatic nitrogens is 5. The molecular formula is C13H15N7S. The van der Waals surface area contributed by atoms with Gasteiger partial charge in [0, 0.05) is 18.4 Å².